The van der Waals surface area contributed by atoms with Crippen LogP contribution in [0.2, 0.25) is 5.02 Å². The van der Waals surface area contributed by atoms with E-state index in [1.807, 2.05) is 68.4 Å². The molecule has 5 heteroatoms. The highest BCUT2D eigenvalue weighted by molar-refractivity contribution is 6.30. The minimum absolute atomic E-state index is 0.00267. The molecule has 4 nitrogen and oxygen atoms in total. The van der Waals surface area contributed by atoms with Gasteiger partial charge in [-0.3, -0.25) is 4.98 Å². The predicted molar refractivity (Wildman–Crippen MR) is 153 cm³/mol. The number of nitriles is 2. The molecule has 38 heavy (non-hydrogen) atoms. The Labute approximate surface area is 230 Å². The molecule has 0 aliphatic carbocycles. The molecule has 190 valence electrons. The molecular formula is C33H31ClN4. The van der Waals surface area contributed by atoms with Crippen molar-refractivity contribution < 1.29 is 0 Å². The van der Waals surface area contributed by atoms with Crippen molar-refractivity contribution in [2.45, 2.75) is 45.2 Å². The summed E-state index contributed by atoms with van der Waals surface area (Å²) < 4.78 is 0. The summed E-state index contributed by atoms with van der Waals surface area (Å²) in [7, 11) is 0. The first kappa shape index (κ1) is 27.1. The Bertz CT molecular complexity index is 1430. The number of hydrogen-bond acceptors (Lipinski definition) is 4. The minimum Gasteiger partial charge on any atom is -0.305 e. The second-order valence-corrected chi connectivity index (χ2v) is 10.7. The summed E-state index contributed by atoms with van der Waals surface area (Å²) in [4.78, 5) is 4.11. The van der Waals surface area contributed by atoms with Crippen LogP contribution in [0.3, 0.4) is 0 Å². The normalized spacial score (nSPS) is 13.6. The Hall–Kier alpha value is -3.96. The van der Waals surface area contributed by atoms with Gasteiger partial charge in [-0.1, -0.05) is 60.1 Å². The molecule has 0 radical (unpaired) electrons. The number of aromatic nitrogens is 1. The number of rotatable bonds is 9. The molecule has 1 heterocycles. The maximum absolute atomic E-state index is 10.1. The highest BCUT2D eigenvalue weighted by Gasteiger charge is 2.34. The number of benzene rings is 3. The Morgan fingerprint density at radius 2 is 1.53 bits per heavy atom. The van der Waals surface area contributed by atoms with Gasteiger partial charge in [0.2, 0.25) is 0 Å². The number of nitrogens with zero attached hydrogens (tertiary/aromatic N) is 3. The molecule has 0 saturated carbocycles. The van der Waals surface area contributed by atoms with Crippen molar-refractivity contribution in [2.75, 3.05) is 0 Å². The molecule has 0 bridgehead atoms. The lowest BCUT2D eigenvalue weighted by Gasteiger charge is -2.36. The highest BCUT2D eigenvalue weighted by atomic mass is 35.5. The van der Waals surface area contributed by atoms with Gasteiger partial charge in [0.1, 0.15) is 0 Å². The van der Waals surface area contributed by atoms with Gasteiger partial charge in [0.25, 0.3) is 0 Å². The largest absolute Gasteiger partial charge is 0.305 e. The van der Waals surface area contributed by atoms with Crippen LogP contribution >= 0.6 is 11.6 Å². The van der Waals surface area contributed by atoms with Crippen molar-refractivity contribution in [1.29, 1.82) is 10.5 Å². The molecule has 3 atom stereocenters. The lowest BCUT2D eigenvalue weighted by molar-refractivity contribution is 0.281. The Morgan fingerprint density at radius 1 is 0.868 bits per heavy atom. The van der Waals surface area contributed by atoms with Crippen LogP contribution in [0.5, 0.6) is 0 Å². The van der Waals surface area contributed by atoms with Crippen LogP contribution in [0.1, 0.15) is 55.0 Å². The Kier molecular flexibility index (Phi) is 8.59. The van der Waals surface area contributed by atoms with Crippen molar-refractivity contribution >= 4 is 11.6 Å². The van der Waals surface area contributed by atoms with E-state index in [0.29, 0.717) is 10.6 Å². The second-order valence-electron chi connectivity index (χ2n) is 10.3. The lowest BCUT2D eigenvalue weighted by Crippen LogP contribution is -2.42. The van der Waals surface area contributed by atoms with Gasteiger partial charge in [0.05, 0.1) is 29.2 Å². The average molecular weight is 519 g/mol. The van der Waals surface area contributed by atoms with Crippen LogP contribution in [0.4, 0.5) is 0 Å². The van der Waals surface area contributed by atoms with Crippen molar-refractivity contribution in [3.05, 3.63) is 125 Å². The van der Waals surface area contributed by atoms with Crippen molar-refractivity contribution in [3.8, 4) is 23.3 Å². The van der Waals surface area contributed by atoms with E-state index in [4.69, 9.17) is 11.6 Å². The van der Waals surface area contributed by atoms with Gasteiger partial charge in [0.15, 0.2) is 0 Å². The predicted octanol–water partition coefficient (Wildman–Crippen LogP) is 7.87. The van der Waals surface area contributed by atoms with Crippen molar-refractivity contribution in [1.82, 2.24) is 10.3 Å². The molecule has 0 saturated heterocycles. The van der Waals surface area contributed by atoms with Gasteiger partial charge < -0.3 is 5.32 Å². The summed E-state index contributed by atoms with van der Waals surface area (Å²) in [5.74, 6) is 0.0672. The zero-order valence-corrected chi connectivity index (χ0v) is 22.7. The van der Waals surface area contributed by atoms with E-state index < -0.39 is 5.41 Å². The Balaban J connectivity index is 1.67. The molecule has 2 unspecified atom stereocenters. The fourth-order valence-corrected chi connectivity index (χ4v) is 5.00. The number of pyridine rings is 1. The van der Waals surface area contributed by atoms with Crippen LogP contribution in [0.25, 0.3) is 11.1 Å². The topological polar surface area (TPSA) is 72.5 Å². The van der Waals surface area contributed by atoms with Gasteiger partial charge in [-0.25, -0.2) is 0 Å². The van der Waals surface area contributed by atoms with E-state index >= 15 is 0 Å². The lowest BCUT2D eigenvalue weighted by atomic mass is 9.79. The molecule has 0 spiro atoms. The summed E-state index contributed by atoms with van der Waals surface area (Å²) in [6.07, 6.45) is 4.34. The van der Waals surface area contributed by atoms with E-state index in [0.717, 1.165) is 34.2 Å². The number of halogens is 1. The summed E-state index contributed by atoms with van der Waals surface area (Å²) in [6.45, 7) is 6.10. The van der Waals surface area contributed by atoms with Crippen LogP contribution in [-0.2, 0) is 6.42 Å². The SMILES string of the molecule is CC(N[C@@H](c1ccc(-c2ccncc2)cc1)C(C)(C)C#N)C(Cc1ccc(Cl)cc1)c1cccc(C#N)c1. The zero-order valence-electron chi connectivity index (χ0n) is 21.9. The van der Waals surface area contributed by atoms with Gasteiger partial charge in [-0.2, -0.15) is 10.5 Å². The monoisotopic (exact) mass is 518 g/mol. The molecule has 0 amide bonds. The van der Waals surface area contributed by atoms with E-state index in [-0.39, 0.29) is 18.0 Å². The number of nitrogens with one attached hydrogen (secondary N) is 1. The molecule has 4 aromatic rings. The van der Waals surface area contributed by atoms with Gasteiger partial charge >= 0.3 is 0 Å². The van der Waals surface area contributed by atoms with Crippen molar-refractivity contribution in [3.63, 3.8) is 0 Å². The summed E-state index contributed by atoms with van der Waals surface area (Å²) in [5, 5.41) is 24.1. The molecule has 1 N–H and O–H groups in total. The molecule has 3 aromatic carbocycles. The minimum atomic E-state index is -0.661. The summed E-state index contributed by atoms with van der Waals surface area (Å²) in [5.41, 5.74) is 5.48. The standard InChI is InChI=1S/C33H31ClN4/c1-23(31(20-24-7-13-30(34)14-8-24)29-6-4-5-25(19-29)21-35)38-32(33(2,3)22-36)28-11-9-26(10-12-28)27-15-17-37-18-16-27/h4-19,23,31-32,38H,20H2,1-3H3/t23?,31?,32-/m0/s1. The molecule has 0 fully saturated rings. The summed E-state index contributed by atoms with van der Waals surface area (Å²) >= 11 is 6.14. The summed E-state index contributed by atoms with van der Waals surface area (Å²) in [6, 6.07) is 32.7. The molecule has 1 aromatic heterocycles. The molecule has 0 aliphatic rings. The maximum atomic E-state index is 10.1. The fraction of sp³-hybridized carbons (Fsp3) is 0.242. The number of hydrogen-bond donors (Lipinski definition) is 1. The van der Waals surface area contributed by atoms with Crippen LogP contribution < -0.4 is 5.32 Å². The average Bonchev–Trinajstić information content (AvgIpc) is 2.96. The third-order valence-electron chi connectivity index (χ3n) is 7.11. The van der Waals surface area contributed by atoms with E-state index in [2.05, 4.69) is 59.7 Å². The van der Waals surface area contributed by atoms with Gasteiger partial charge in [-0.05, 0) is 91.4 Å². The first-order valence-corrected chi connectivity index (χ1v) is 13.1. The van der Waals surface area contributed by atoms with Crippen LogP contribution in [0.15, 0.2) is 97.3 Å². The van der Waals surface area contributed by atoms with Crippen molar-refractivity contribution in [2.24, 2.45) is 5.41 Å². The molecular weight excluding hydrogens is 488 g/mol. The maximum Gasteiger partial charge on any atom is 0.0991 e. The van der Waals surface area contributed by atoms with Gasteiger partial charge in [-0.15, -0.1) is 0 Å². The highest BCUT2D eigenvalue weighted by Crippen LogP contribution is 2.36. The third-order valence-corrected chi connectivity index (χ3v) is 7.37. The van der Waals surface area contributed by atoms with E-state index in [1.54, 1.807) is 12.4 Å². The quantitative estimate of drug-likeness (QED) is 0.244. The smallest absolute Gasteiger partial charge is 0.0991 e. The molecule has 4 rings (SSSR count). The van der Waals surface area contributed by atoms with Gasteiger partial charge in [0, 0.05) is 29.4 Å². The first-order chi connectivity index (χ1) is 18.3. The van der Waals surface area contributed by atoms with Crippen LogP contribution in [-0.4, -0.2) is 11.0 Å². The first-order valence-electron chi connectivity index (χ1n) is 12.7. The van der Waals surface area contributed by atoms with E-state index in [9.17, 15) is 10.5 Å². The fourth-order valence-electron chi connectivity index (χ4n) is 4.87. The molecule has 0 aliphatic heterocycles. The Morgan fingerprint density at radius 3 is 2.16 bits per heavy atom. The zero-order chi connectivity index (χ0) is 27.1. The third kappa shape index (κ3) is 6.48. The van der Waals surface area contributed by atoms with Crippen LogP contribution in [0, 0.1) is 28.1 Å². The second kappa shape index (κ2) is 12.1. The van der Waals surface area contributed by atoms with E-state index in [1.165, 1.54) is 0 Å².